The van der Waals surface area contributed by atoms with E-state index in [9.17, 15) is 8.78 Å². The van der Waals surface area contributed by atoms with E-state index in [1.807, 2.05) is 0 Å². The van der Waals surface area contributed by atoms with Crippen LogP contribution in [0.15, 0.2) is 18.2 Å². The van der Waals surface area contributed by atoms with E-state index in [1.54, 1.807) is 6.07 Å². The van der Waals surface area contributed by atoms with Gasteiger partial charge in [-0.25, -0.2) is 8.78 Å². The maximum Gasteiger partial charge on any atom is 0.159 e. The molecule has 1 aromatic carbocycles. The summed E-state index contributed by atoms with van der Waals surface area (Å²) < 4.78 is 31.8. The molecule has 106 valence electrons. The predicted molar refractivity (Wildman–Crippen MR) is 70.9 cm³/mol. The fourth-order valence-electron chi connectivity index (χ4n) is 2.61. The summed E-state index contributed by atoms with van der Waals surface area (Å²) in [7, 11) is 0. The summed E-state index contributed by atoms with van der Waals surface area (Å²) in [5.41, 5.74) is 0.833. The molecule has 1 atom stereocenters. The molecule has 1 aromatic rings. The average Bonchev–Trinajstić information content (AvgIpc) is 2.44. The Bertz CT molecular complexity index is 405. The van der Waals surface area contributed by atoms with E-state index < -0.39 is 11.6 Å². The molecule has 0 amide bonds. The minimum absolute atomic E-state index is 0.0824. The fourth-order valence-corrected chi connectivity index (χ4v) is 2.61. The van der Waals surface area contributed by atoms with Crippen LogP contribution < -0.4 is 5.32 Å². The molecule has 1 saturated heterocycles. The third-order valence-corrected chi connectivity index (χ3v) is 3.65. The maximum absolute atomic E-state index is 13.4. The Morgan fingerprint density at radius 2 is 2.00 bits per heavy atom. The SMILES string of the molecule is CCCNC(c1ccc(F)c(F)c1)C1CCOCC1. The average molecular weight is 269 g/mol. The molecule has 0 aromatic heterocycles. The maximum atomic E-state index is 13.4. The van der Waals surface area contributed by atoms with Crippen LogP contribution in [0.1, 0.15) is 37.8 Å². The topological polar surface area (TPSA) is 21.3 Å². The van der Waals surface area contributed by atoms with E-state index in [-0.39, 0.29) is 6.04 Å². The minimum Gasteiger partial charge on any atom is -0.381 e. The van der Waals surface area contributed by atoms with E-state index in [4.69, 9.17) is 4.74 Å². The quantitative estimate of drug-likeness (QED) is 0.884. The first-order valence-electron chi connectivity index (χ1n) is 6.98. The normalized spacial score (nSPS) is 18.5. The van der Waals surface area contributed by atoms with Gasteiger partial charge in [-0.15, -0.1) is 0 Å². The Hall–Kier alpha value is -1.00. The number of ether oxygens (including phenoxy) is 1. The molecule has 1 unspecified atom stereocenters. The van der Waals surface area contributed by atoms with Gasteiger partial charge in [-0.2, -0.15) is 0 Å². The Morgan fingerprint density at radius 3 is 2.63 bits per heavy atom. The van der Waals surface area contributed by atoms with Gasteiger partial charge in [0.2, 0.25) is 0 Å². The third kappa shape index (κ3) is 3.74. The highest BCUT2D eigenvalue weighted by molar-refractivity contribution is 5.22. The molecule has 0 radical (unpaired) electrons. The van der Waals surface area contributed by atoms with Crippen molar-refractivity contribution in [2.45, 2.75) is 32.2 Å². The zero-order valence-electron chi connectivity index (χ0n) is 11.3. The molecule has 1 aliphatic heterocycles. The highest BCUT2D eigenvalue weighted by Gasteiger charge is 2.25. The van der Waals surface area contributed by atoms with Crippen LogP contribution in [-0.2, 0) is 4.74 Å². The van der Waals surface area contributed by atoms with E-state index >= 15 is 0 Å². The first-order valence-corrected chi connectivity index (χ1v) is 6.98. The van der Waals surface area contributed by atoms with Crippen molar-refractivity contribution in [3.63, 3.8) is 0 Å². The number of rotatable bonds is 5. The summed E-state index contributed by atoms with van der Waals surface area (Å²) in [6, 6.07) is 4.29. The summed E-state index contributed by atoms with van der Waals surface area (Å²) >= 11 is 0. The second-order valence-corrected chi connectivity index (χ2v) is 5.06. The van der Waals surface area contributed by atoms with Crippen LogP contribution in [0.25, 0.3) is 0 Å². The Labute approximate surface area is 113 Å². The van der Waals surface area contributed by atoms with Crippen molar-refractivity contribution in [3.05, 3.63) is 35.4 Å². The van der Waals surface area contributed by atoms with Crippen molar-refractivity contribution in [2.75, 3.05) is 19.8 Å². The molecule has 4 heteroatoms. The fraction of sp³-hybridized carbons (Fsp3) is 0.600. The van der Waals surface area contributed by atoms with Crippen molar-refractivity contribution >= 4 is 0 Å². The van der Waals surface area contributed by atoms with Crippen molar-refractivity contribution in [1.29, 1.82) is 0 Å². The lowest BCUT2D eigenvalue weighted by Crippen LogP contribution is -2.32. The van der Waals surface area contributed by atoms with Crippen LogP contribution in [0.4, 0.5) is 8.78 Å². The van der Waals surface area contributed by atoms with E-state index in [1.165, 1.54) is 12.1 Å². The highest BCUT2D eigenvalue weighted by atomic mass is 19.2. The summed E-state index contributed by atoms with van der Waals surface area (Å²) in [5.74, 6) is -1.14. The highest BCUT2D eigenvalue weighted by Crippen LogP contribution is 2.30. The molecule has 0 saturated carbocycles. The van der Waals surface area contributed by atoms with E-state index in [0.29, 0.717) is 5.92 Å². The van der Waals surface area contributed by atoms with Crippen LogP contribution in [-0.4, -0.2) is 19.8 Å². The lowest BCUT2D eigenvalue weighted by molar-refractivity contribution is 0.0536. The summed E-state index contributed by atoms with van der Waals surface area (Å²) in [5, 5.41) is 3.46. The molecule has 0 aliphatic carbocycles. The molecule has 1 aliphatic rings. The summed E-state index contributed by atoms with van der Waals surface area (Å²) in [6.45, 7) is 4.47. The van der Waals surface area contributed by atoms with Gasteiger partial charge in [0.25, 0.3) is 0 Å². The molecule has 2 rings (SSSR count). The van der Waals surface area contributed by atoms with Crippen molar-refractivity contribution in [1.82, 2.24) is 5.32 Å². The summed E-state index contributed by atoms with van der Waals surface area (Å²) in [4.78, 5) is 0. The van der Waals surface area contributed by atoms with Gasteiger partial charge in [0.15, 0.2) is 11.6 Å². The van der Waals surface area contributed by atoms with Gasteiger partial charge in [-0.1, -0.05) is 13.0 Å². The van der Waals surface area contributed by atoms with Crippen LogP contribution >= 0.6 is 0 Å². The minimum atomic E-state index is -0.787. The van der Waals surface area contributed by atoms with Crippen LogP contribution in [0.5, 0.6) is 0 Å². The van der Waals surface area contributed by atoms with E-state index in [2.05, 4.69) is 12.2 Å². The molecule has 2 nitrogen and oxygen atoms in total. The Kier molecular flexibility index (Phi) is 5.28. The second kappa shape index (κ2) is 6.96. The van der Waals surface area contributed by atoms with Gasteiger partial charge in [-0.3, -0.25) is 0 Å². The molecule has 19 heavy (non-hydrogen) atoms. The molecule has 1 fully saturated rings. The number of hydrogen-bond donors (Lipinski definition) is 1. The van der Waals surface area contributed by atoms with Crippen LogP contribution in [0.2, 0.25) is 0 Å². The van der Waals surface area contributed by atoms with Gasteiger partial charge in [0.05, 0.1) is 0 Å². The first kappa shape index (κ1) is 14.4. The van der Waals surface area contributed by atoms with Gasteiger partial charge in [0.1, 0.15) is 0 Å². The third-order valence-electron chi connectivity index (χ3n) is 3.65. The van der Waals surface area contributed by atoms with Gasteiger partial charge in [0, 0.05) is 19.3 Å². The number of halogens is 2. The predicted octanol–water partition coefficient (Wildman–Crippen LogP) is 3.43. The largest absolute Gasteiger partial charge is 0.381 e. The first-order chi connectivity index (χ1) is 9.22. The smallest absolute Gasteiger partial charge is 0.159 e. The van der Waals surface area contributed by atoms with Gasteiger partial charge >= 0.3 is 0 Å². The molecule has 0 bridgehead atoms. The standard InChI is InChI=1S/C15H21F2NO/c1-2-7-18-15(11-5-8-19-9-6-11)12-3-4-13(16)14(17)10-12/h3-4,10-11,15,18H,2,5-9H2,1H3. The van der Waals surface area contributed by atoms with Crippen molar-refractivity contribution in [3.8, 4) is 0 Å². The monoisotopic (exact) mass is 269 g/mol. The van der Waals surface area contributed by atoms with Crippen LogP contribution in [0, 0.1) is 17.6 Å². The Morgan fingerprint density at radius 1 is 1.26 bits per heavy atom. The van der Waals surface area contributed by atoms with Crippen LogP contribution in [0.3, 0.4) is 0 Å². The summed E-state index contributed by atoms with van der Waals surface area (Å²) in [6.07, 6.45) is 2.93. The zero-order chi connectivity index (χ0) is 13.7. The molecular weight excluding hydrogens is 248 g/mol. The van der Waals surface area contributed by atoms with Gasteiger partial charge < -0.3 is 10.1 Å². The van der Waals surface area contributed by atoms with Crippen molar-refractivity contribution in [2.24, 2.45) is 5.92 Å². The van der Waals surface area contributed by atoms with Gasteiger partial charge in [-0.05, 0) is 49.4 Å². The van der Waals surface area contributed by atoms with E-state index in [0.717, 1.165) is 44.6 Å². The number of benzene rings is 1. The second-order valence-electron chi connectivity index (χ2n) is 5.06. The van der Waals surface area contributed by atoms with Crippen molar-refractivity contribution < 1.29 is 13.5 Å². The zero-order valence-corrected chi connectivity index (χ0v) is 11.3. The lowest BCUT2D eigenvalue weighted by atomic mass is 9.87. The lowest BCUT2D eigenvalue weighted by Gasteiger charge is -2.31. The molecule has 1 heterocycles. The molecular formula is C15H21F2NO. The Balaban J connectivity index is 2.17. The number of hydrogen-bond acceptors (Lipinski definition) is 2. The number of nitrogens with one attached hydrogen (secondary N) is 1. The molecule has 0 spiro atoms. The molecule has 1 N–H and O–H groups in total.